The van der Waals surface area contributed by atoms with Gasteiger partial charge < -0.3 is 15.4 Å². The minimum Gasteiger partial charge on any atom is -0.380 e. The van der Waals surface area contributed by atoms with Crippen LogP contribution in [0.5, 0.6) is 0 Å². The standard InChI is InChI=1S/C13H18N2O2/c1-17-9-10-5-2-3-6-11(10)15-13(16)12-7-4-8-14-12/h2-3,5-6,12,14H,4,7-9H2,1H3,(H,15,16)/t12-/m0/s1. The third kappa shape index (κ3) is 3.05. The number of benzene rings is 1. The summed E-state index contributed by atoms with van der Waals surface area (Å²) in [4.78, 5) is 12.0. The number of carbonyl (C=O) groups is 1. The highest BCUT2D eigenvalue weighted by Crippen LogP contribution is 2.17. The van der Waals surface area contributed by atoms with Crippen LogP contribution in [-0.4, -0.2) is 25.6 Å². The van der Waals surface area contributed by atoms with Gasteiger partial charge in [-0.05, 0) is 25.5 Å². The SMILES string of the molecule is COCc1ccccc1NC(=O)[C@@H]1CCCN1. The zero-order chi connectivity index (χ0) is 12.1. The zero-order valence-electron chi connectivity index (χ0n) is 10.0. The van der Waals surface area contributed by atoms with Crippen LogP contribution < -0.4 is 10.6 Å². The van der Waals surface area contributed by atoms with E-state index in [-0.39, 0.29) is 11.9 Å². The molecule has 0 radical (unpaired) electrons. The molecule has 0 spiro atoms. The second-order valence-corrected chi connectivity index (χ2v) is 4.23. The van der Waals surface area contributed by atoms with E-state index in [9.17, 15) is 4.79 Å². The molecule has 1 atom stereocenters. The summed E-state index contributed by atoms with van der Waals surface area (Å²) in [6.45, 7) is 1.44. The molecule has 1 fully saturated rings. The average molecular weight is 234 g/mol. The number of methoxy groups -OCH3 is 1. The largest absolute Gasteiger partial charge is 0.380 e. The molecular formula is C13H18N2O2. The van der Waals surface area contributed by atoms with Gasteiger partial charge in [0.05, 0.1) is 12.6 Å². The highest BCUT2D eigenvalue weighted by Gasteiger charge is 2.22. The first-order valence-corrected chi connectivity index (χ1v) is 5.92. The van der Waals surface area contributed by atoms with Gasteiger partial charge in [-0.3, -0.25) is 4.79 Å². The van der Waals surface area contributed by atoms with Crippen molar-refractivity contribution in [2.24, 2.45) is 0 Å². The molecule has 17 heavy (non-hydrogen) atoms. The van der Waals surface area contributed by atoms with E-state index < -0.39 is 0 Å². The van der Waals surface area contributed by atoms with Crippen molar-refractivity contribution in [1.82, 2.24) is 5.32 Å². The van der Waals surface area contributed by atoms with Gasteiger partial charge in [-0.1, -0.05) is 18.2 Å². The first kappa shape index (κ1) is 12.1. The summed E-state index contributed by atoms with van der Waals surface area (Å²) in [7, 11) is 1.65. The Labute approximate surface area is 101 Å². The number of rotatable bonds is 4. The average Bonchev–Trinajstić information content (AvgIpc) is 2.85. The Bertz CT molecular complexity index is 387. The van der Waals surface area contributed by atoms with Crippen LogP contribution in [0, 0.1) is 0 Å². The molecule has 4 heteroatoms. The van der Waals surface area contributed by atoms with Crippen molar-refractivity contribution in [2.75, 3.05) is 19.0 Å². The Hall–Kier alpha value is -1.39. The van der Waals surface area contributed by atoms with E-state index >= 15 is 0 Å². The molecule has 1 saturated heterocycles. The monoisotopic (exact) mass is 234 g/mol. The number of para-hydroxylation sites is 1. The van der Waals surface area contributed by atoms with Crippen LogP contribution in [-0.2, 0) is 16.1 Å². The summed E-state index contributed by atoms with van der Waals surface area (Å²) in [6.07, 6.45) is 1.98. The summed E-state index contributed by atoms with van der Waals surface area (Å²) >= 11 is 0. The number of hydrogen-bond acceptors (Lipinski definition) is 3. The molecule has 0 bridgehead atoms. The lowest BCUT2D eigenvalue weighted by Gasteiger charge is -2.14. The molecule has 0 unspecified atom stereocenters. The Morgan fingerprint density at radius 3 is 3.06 bits per heavy atom. The van der Waals surface area contributed by atoms with Gasteiger partial charge in [-0.2, -0.15) is 0 Å². The molecule has 1 aromatic rings. The molecule has 92 valence electrons. The molecule has 1 aliphatic rings. The van der Waals surface area contributed by atoms with Gasteiger partial charge in [0.2, 0.25) is 5.91 Å². The summed E-state index contributed by atoms with van der Waals surface area (Å²) in [6, 6.07) is 7.67. The molecule has 0 aliphatic carbocycles. The molecule has 2 rings (SSSR count). The lowest BCUT2D eigenvalue weighted by atomic mass is 10.1. The van der Waals surface area contributed by atoms with Gasteiger partial charge in [0.25, 0.3) is 0 Å². The summed E-state index contributed by atoms with van der Waals surface area (Å²) in [5, 5.41) is 6.14. The van der Waals surface area contributed by atoms with E-state index in [4.69, 9.17) is 4.74 Å². The molecular weight excluding hydrogens is 216 g/mol. The second-order valence-electron chi connectivity index (χ2n) is 4.23. The maximum Gasteiger partial charge on any atom is 0.241 e. The fraction of sp³-hybridized carbons (Fsp3) is 0.462. The molecule has 0 aromatic heterocycles. The smallest absolute Gasteiger partial charge is 0.241 e. The van der Waals surface area contributed by atoms with E-state index in [1.165, 1.54) is 0 Å². The van der Waals surface area contributed by atoms with Crippen molar-refractivity contribution >= 4 is 11.6 Å². The van der Waals surface area contributed by atoms with Gasteiger partial charge >= 0.3 is 0 Å². The zero-order valence-corrected chi connectivity index (χ0v) is 10.0. The van der Waals surface area contributed by atoms with Crippen LogP contribution in [0.2, 0.25) is 0 Å². The number of amides is 1. The van der Waals surface area contributed by atoms with Crippen LogP contribution in [0.3, 0.4) is 0 Å². The molecule has 4 nitrogen and oxygen atoms in total. The lowest BCUT2D eigenvalue weighted by Crippen LogP contribution is -2.35. The quantitative estimate of drug-likeness (QED) is 0.830. The number of nitrogens with one attached hydrogen (secondary N) is 2. The summed E-state index contributed by atoms with van der Waals surface area (Å²) in [5.74, 6) is 0.0473. The highest BCUT2D eigenvalue weighted by atomic mass is 16.5. The van der Waals surface area contributed by atoms with Crippen LogP contribution in [0.1, 0.15) is 18.4 Å². The van der Waals surface area contributed by atoms with Gasteiger partial charge in [0.1, 0.15) is 0 Å². The van der Waals surface area contributed by atoms with Crippen LogP contribution >= 0.6 is 0 Å². The summed E-state index contributed by atoms with van der Waals surface area (Å²) in [5.41, 5.74) is 1.84. The number of anilines is 1. The van der Waals surface area contributed by atoms with Crippen molar-refractivity contribution in [2.45, 2.75) is 25.5 Å². The van der Waals surface area contributed by atoms with Crippen LogP contribution in [0.4, 0.5) is 5.69 Å². The van der Waals surface area contributed by atoms with E-state index in [0.717, 1.165) is 30.6 Å². The van der Waals surface area contributed by atoms with E-state index in [1.807, 2.05) is 24.3 Å². The lowest BCUT2D eigenvalue weighted by molar-refractivity contribution is -0.117. The van der Waals surface area contributed by atoms with Gasteiger partial charge in [0, 0.05) is 18.4 Å². The summed E-state index contributed by atoms with van der Waals surface area (Å²) < 4.78 is 5.11. The first-order valence-electron chi connectivity index (χ1n) is 5.92. The fourth-order valence-electron chi connectivity index (χ4n) is 2.05. The van der Waals surface area contributed by atoms with E-state index in [1.54, 1.807) is 7.11 Å². The van der Waals surface area contributed by atoms with Gasteiger partial charge in [-0.15, -0.1) is 0 Å². The van der Waals surface area contributed by atoms with E-state index in [2.05, 4.69) is 10.6 Å². The Kier molecular flexibility index (Phi) is 4.12. The first-order chi connectivity index (χ1) is 8.31. The van der Waals surface area contributed by atoms with Crippen molar-refractivity contribution in [3.05, 3.63) is 29.8 Å². The second kappa shape index (κ2) is 5.80. The molecule has 0 saturated carbocycles. The Morgan fingerprint density at radius 1 is 1.53 bits per heavy atom. The highest BCUT2D eigenvalue weighted by molar-refractivity contribution is 5.95. The normalized spacial score (nSPS) is 19.2. The van der Waals surface area contributed by atoms with Crippen molar-refractivity contribution < 1.29 is 9.53 Å². The molecule has 1 heterocycles. The predicted molar refractivity (Wildman–Crippen MR) is 66.8 cm³/mol. The Morgan fingerprint density at radius 2 is 2.35 bits per heavy atom. The number of ether oxygens (including phenoxy) is 1. The Balaban J connectivity index is 2.04. The molecule has 1 aromatic carbocycles. The topological polar surface area (TPSA) is 50.4 Å². The van der Waals surface area contributed by atoms with Crippen molar-refractivity contribution in [3.8, 4) is 0 Å². The van der Waals surface area contributed by atoms with Crippen LogP contribution in [0.25, 0.3) is 0 Å². The minimum absolute atomic E-state index is 0.0473. The maximum absolute atomic E-state index is 12.0. The van der Waals surface area contributed by atoms with Crippen molar-refractivity contribution in [3.63, 3.8) is 0 Å². The van der Waals surface area contributed by atoms with Gasteiger partial charge in [-0.25, -0.2) is 0 Å². The van der Waals surface area contributed by atoms with Crippen LogP contribution in [0.15, 0.2) is 24.3 Å². The number of hydrogen-bond donors (Lipinski definition) is 2. The molecule has 1 aliphatic heterocycles. The van der Waals surface area contributed by atoms with E-state index in [0.29, 0.717) is 6.61 Å². The molecule has 2 N–H and O–H groups in total. The maximum atomic E-state index is 12.0. The minimum atomic E-state index is -0.0504. The third-order valence-electron chi connectivity index (χ3n) is 2.95. The number of carbonyl (C=O) groups excluding carboxylic acids is 1. The van der Waals surface area contributed by atoms with Gasteiger partial charge in [0.15, 0.2) is 0 Å². The fourth-order valence-corrected chi connectivity index (χ4v) is 2.05. The molecule has 1 amide bonds. The van der Waals surface area contributed by atoms with Crippen molar-refractivity contribution in [1.29, 1.82) is 0 Å². The third-order valence-corrected chi connectivity index (χ3v) is 2.95. The predicted octanol–water partition coefficient (Wildman–Crippen LogP) is 1.52.